The molecule has 0 unspecified atom stereocenters. The van der Waals surface area contributed by atoms with Crippen molar-refractivity contribution in [1.29, 1.82) is 0 Å². The molecular weight excluding hydrogens is 369 g/mol. The fourth-order valence-corrected chi connectivity index (χ4v) is 2.46. The molecule has 0 atom stereocenters. The SMILES string of the molecule is CCOC(=O)c1c([N+](=O)[O-])cc(OC)c(OC)c1I. The van der Waals surface area contributed by atoms with Gasteiger partial charge in [0.05, 0.1) is 35.4 Å². The number of nitrogens with zero attached hydrogens (tertiary/aromatic N) is 1. The monoisotopic (exact) mass is 381 g/mol. The van der Waals surface area contributed by atoms with Crippen LogP contribution < -0.4 is 9.47 Å². The average molecular weight is 381 g/mol. The van der Waals surface area contributed by atoms with E-state index in [9.17, 15) is 14.9 Å². The molecule has 104 valence electrons. The minimum Gasteiger partial charge on any atom is -0.493 e. The van der Waals surface area contributed by atoms with Crippen molar-refractivity contribution in [2.75, 3.05) is 20.8 Å². The third-order valence-electron chi connectivity index (χ3n) is 2.27. The van der Waals surface area contributed by atoms with Crippen molar-refractivity contribution in [3.63, 3.8) is 0 Å². The van der Waals surface area contributed by atoms with Crippen molar-refractivity contribution < 1.29 is 23.9 Å². The lowest BCUT2D eigenvalue weighted by molar-refractivity contribution is -0.385. The Balaban J connectivity index is 3.57. The third kappa shape index (κ3) is 3.06. The van der Waals surface area contributed by atoms with Gasteiger partial charge in [0.1, 0.15) is 0 Å². The van der Waals surface area contributed by atoms with E-state index < -0.39 is 10.9 Å². The second-order valence-corrected chi connectivity index (χ2v) is 4.38. The summed E-state index contributed by atoms with van der Waals surface area (Å²) in [5, 5.41) is 11.0. The summed E-state index contributed by atoms with van der Waals surface area (Å²) >= 11 is 1.79. The number of carbonyl (C=O) groups excluding carboxylic acids is 1. The Morgan fingerprint density at radius 1 is 1.42 bits per heavy atom. The van der Waals surface area contributed by atoms with Gasteiger partial charge in [0, 0.05) is 0 Å². The smallest absolute Gasteiger partial charge is 0.346 e. The van der Waals surface area contributed by atoms with E-state index in [0.717, 1.165) is 6.07 Å². The summed E-state index contributed by atoms with van der Waals surface area (Å²) in [4.78, 5) is 22.2. The van der Waals surface area contributed by atoms with Crippen LogP contribution in [-0.2, 0) is 4.74 Å². The van der Waals surface area contributed by atoms with Gasteiger partial charge in [-0.1, -0.05) is 0 Å². The summed E-state index contributed by atoms with van der Waals surface area (Å²) in [6.45, 7) is 1.75. The van der Waals surface area contributed by atoms with Crippen LogP contribution in [0, 0.1) is 13.7 Å². The number of hydrogen-bond acceptors (Lipinski definition) is 6. The number of halogens is 1. The zero-order valence-electron chi connectivity index (χ0n) is 10.6. The minimum atomic E-state index is -0.764. The summed E-state index contributed by atoms with van der Waals surface area (Å²) in [6.07, 6.45) is 0. The molecule has 1 aromatic rings. The zero-order valence-corrected chi connectivity index (χ0v) is 12.7. The predicted molar refractivity (Wildman–Crippen MR) is 74.9 cm³/mol. The van der Waals surface area contributed by atoms with Crippen molar-refractivity contribution in [3.05, 3.63) is 25.3 Å². The molecule has 0 saturated carbocycles. The zero-order chi connectivity index (χ0) is 14.6. The maximum absolute atomic E-state index is 11.8. The summed E-state index contributed by atoms with van der Waals surface area (Å²) < 4.78 is 15.2. The number of nitro groups is 1. The lowest BCUT2D eigenvalue weighted by atomic mass is 10.1. The normalized spacial score (nSPS) is 9.89. The molecule has 0 fully saturated rings. The standard InChI is InChI=1S/C11H12INO6/c1-4-19-11(14)8-6(13(15)16)5-7(17-2)10(18-3)9(8)12/h5H,4H2,1-3H3. The highest BCUT2D eigenvalue weighted by molar-refractivity contribution is 14.1. The topological polar surface area (TPSA) is 87.9 Å². The Kier molecular flexibility index (Phi) is 5.33. The third-order valence-corrected chi connectivity index (χ3v) is 3.30. The molecule has 1 aromatic carbocycles. The van der Waals surface area contributed by atoms with Gasteiger partial charge < -0.3 is 14.2 Å². The number of methoxy groups -OCH3 is 2. The number of rotatable bonds is 5. The van der Waals surface area contributed by atoms with Crippen LogP contribution in [0.4, 0.5) is 5.69 Å². The molecule has 8 heteroatoms. The van der Waals surface area contributed by atoms with E-state index in [1.807, 2.05) is 0 Å². The summed E-state index contributed by atoms with van der Waals surface area (Å²) in [5.74, 6) is -0.317. The largest absolute Gasteiger partial charge is 0.493 e. The van der Waals surface area contributed by atoms with Crippen molar-refractivity contribution in [2.24, 2.45) is 0 Å². The lowest BCUT2D eigenvalue weighted by Gasteiger charge is -2.12. The predicted octanol–water partition coefficient (Wildman–Crippen LogP) is 2.39. The van der Waals surface area contributed by atoms with Crippen LogP contribution in [-0.4, -0.2) is 31.7 Å². The highest BCUT2D eigenvalue weighted by Crippen LogP contribution is 2.40. The summed E-state index contributed by atoms with van der Waals surface area (Å²) in [5.41, 5.74) is -0.509. The highest BCUT2D eigenvalue weighted by Gasteiger charge is 2.30. The molecule has 0 radical (unpaired) electrons. The first-order chi connectivity index (χ1) is 8.97. The van der Waals surface area contributed by atoms with Gasteiger partial charge >= 0.3 is 5.97 Å². The van der Waals surface area contributed by atoms with Crippen LogP contribution in [0.1, 0.15) is 17.3 Å². The fraction of sp³-hybridized carbons (Fsp3) is 0.364. The van der Waals surface area contributed by atoms with Gasteiger partial charge in [0.15, 0.2) is 17.1 Å². The Bertz CT molecular complexity index is 516. The molecule has 0 aliphatic carbocycles. The molecule has 0 N–H and O–H groups in total. The average Bonchev–Trinajstić information content (AvgIpc) is 2.37. The number of hydrogen-bond donors (Lipinski definition) is 0. The molecule has 0 spiro atoms. The quantitative estimate of drug-likeness (QED) is 0.337. The van der Waals surface area contributed by atoms with E-state index >= 15 is 0 Å². The molecule has 0 saturated heterocycles. The van der Waals surface area contributed by atoms with E-state index in [1.165, 1.54) is 14.2 Å². The Hall–Kier alpha value is -1.58. The number of ether oxygens (including phenoxy) is 3. The molecule has 19 heavy (non-hydrogen) atoms. The van der Waals surface area contributed by atoms with Crippen LogP contribution in [0.25, 0.3) is 0 Å². The van der Waals surface area contributed by atoms with E-state index in [0.29, 0.717) is 0 Å². The summed E-state index contributed by atoms with van der Waals surface area (Å²) in [7, 11) is 2.75. The number of benzene rings is 1. The molecule has 0 aliphatic heterocycles. The molecular formula is C11H12INO6. The van der Waals surface area contributed by atoms with Gasteiger partial charge in [0.2, 0.25) is 0 Å². The fourth-order valence-electron chi connectivity index (χ4n) is 1.48. The first-order valence-electron chi connectivity index (χ1n) is 5.23. The van der Waals surface area contributed by atoms with Crippen molar-refractivity contribution >= 4 is 34.2 Å². The number of nitro benzene ring substituents is 1. The maximum Gasteiger partial charge on any atom is 0.346 e. The van der Waals surface area contributed by atoms with Gasteiger partial charge in [0.25, 0.3) is 5.69 Å². The van der Waals surface area contributed by atoms with E-state index in [1.54, 1.807) is 29.5 Å². The van der Waals surface area contributed by atoms with Gasteiger partial charge in [-0.05, 0) is 29.5 Å². The van der Waals surface area contributed by atoms with Crippen molar-refractivity contribution in [3.8, 4) is 11.5 Å². The van der Waals surface area contributed by atoms with Gasteiger partial charge in [-0.3, -0.25) is 10.1 Å². The molecule has 0 aliphatic rings. The number of esters is 1. The van der Waals surface area contributed by atoms with Crippen LogP contribution >= 0.6 is 22.6 Å². The van der Waals surface area contributed by atoms with Crippen molar-refractivity contribution in [1.82, 2.24) is 0 Å². The van der Waals surface area contributed by atoms with E-state index in [-0.39, 0.29) is 32.9 Å². The highest BCUT2D eigenvalue weighted by atomic mass is 127. The van der Waals surface area contributed by atoms with Crippen LogP contribution in [0.5, 0.6) is 11.5 Å². The molecule has 0 bridgehead atoms. The Labute approximate surface area is 123 Å². The van der Waals surface area contributed by atoms with Crippen LogP contribution in [0.3, 0.4) is 0 Å². The molecule has 0 heterocycles. The van der Waals surface area contributed by atoms with Crippen LogP contribution in [0.2, 0.25) is 0 Å². The maximum atomic E-state index is 11.8. The molecule has 7 nitrogen and oxygen atoms in total. The van der Waals surface area contributed by atoms with Crippen molar-refractivity contribution in [2.45, 2.75) is 6.92 Å². The second-order valence-electron chi connectivity index (χ2n) is 3.30. The molecule has 1 rings (SSSR count). The first-order valence-corrected chi connectivity index (χ1v) is 6.31. The van der Waals surface area contributed by atoms with Gasteiger partial charge in [-0.15, -0.1) is 0 Å². The first kappa shape index (κ1) is 15.5. The molecule has 0 amide bonds. The van der Waals surface area contributed by atoms with E-state index in [4.69, 9.17) is 14.2 Å². The lowest BCUT2D eigenvalue weighted by Crippen LogP contribution is -2.11. The van der Waals surface area contributed by atoms with E-state index in [2.05, 4.69) is 0 Å². The number of carbonyl (C=O) groups is 1. The van der Waals surface area contributed by atoms with Gasteiger partial charge in [-0.25, -0.2) is 4.79 Å². The summed E-state index contributed by atoms with van der Waals surface area (Å²) in [6, 6.07) is 1.15. The Morgan fingerprint density at radius 2 is 2.05 bits per heavy atom. The molecule has 0 aromatic heterocycles. The second kappa shape index (κ2) is 6.55. The van der Waals surface area contributed by atoms with Crippen LogP contribution in [0.15, 0.2) is 6.07 Å². The minimum absolute atomic E-state index is 0.125. The van der Waals surface area contributed by atoms with Gasteiger partial charge in [-0.2, -0.15) is 0 Å². The Morgan fingerprint density at radius 3 is 2.47 bits per heavy atom.